The molecule has 1 saturated carbocycles. The van der Waals surface area contributed by atoms with Crippen LogP contribution in [0.15, 0.2) is 48.5 Å². The zero-order valence-electron chi connectivity index (χ0n) is 16.7. The molecule has 1 saturated heterocycles. The van der Waals surface area contributed by atoms with Crippen LogP contribution in [0.4, 0.5) is 0 Å². The fourth-order valence-corrected chi connectivity index (χ4v) is 4.53. The quantitative estimate of drug-likeness (QED) is 0.672. The summed E-state index contributed by atoms with van der Waals surface area (Å²) in [4.78, 5) is 15.2. The van der Waals surface area contributed by atoms with Gasteiger partial charge in [-0.15, -0.1) is 0 Å². The van der Waals surface area contributed by atoms with E-state index in [1.165, 1.54) is 4.90 Å². The molecule has 1 unspecified atom stereocenters. The van der Waals surface area contributed by atoms with Crippen molar-refractivity contribution in [3.8, 4) is 11.1 Å². The average Bonchev–Trinajstić information content (AvgIpc) is 3.51. The molecule has 0 radical (unpaired) electrons. The zero-order chi connectivity index (χ0) is 20.8. The zero-order valence-corrected chi connectivity index (χ0v) is 17.4. The monoisotopic (exact) mass is 411 g/mol. The molecule has 1 aliphatic heterocycles. The van der Waals surface area contributed by atoms with Crippen molar-refractivity contribution in [1.29, 1.82) is 5.41 Å². The maximum Gasteiger partial charge on any atom is 0.260 e. The summed E-state index contributed by atoms with van der Waals surface area (Å²) in [5.74, 6) is 0.115. The molecule has 2 fully saturated rings. The number of nitrogens with one attached hydrogen (secondary N) is 2. The first-order valence-electron chi connectivity index (χ1n) is 10.1. The third-order valence-electron chi connectivity index (χ3n) is 6.07. The van der Waals surface area contributed by atoms with E-state index in [-0.39, 0.29) is 30.3 Å². The number of carbonyl (C=O) groups excluding carboxylic acids is 1. The molecule has 1 amide bonds. The first kappa shape index (κ1) is 19.9. The number of rotatable bonds is 6. The summed E-state index contributed by atoms with van der Waals surface area (Å²) in [6.45, 7) is 3.74. The predicted molar refractivity (Wildman–Crippen MR) is 115 cm³/mol. The Balaban J connectivity index is 1.78. The van der Waals surface area contributed by atoms with Crippen molar-refractivity contribution in [2.24, 2.45) is 11.8 Å². The summed E-state index contributed by atoms with van der Waals surface area (Å²) in [5, 5.41) is 22.3. The van der Waals surface area contributed by atoms with Gasteiger partial charge in [-0.25, -0.2) is 0 Å². The number of hydrogen-bond donors (Lipinski definition) is 3. The second kappa shape index (κ2) is 7.47. The van der Waals surface area contributed by atoms with E-state index >= 15 is 0 Å². The number of benzene rings is 2. The molecule has 3 N–H and O–H groups in total. The van der Waals surface area contributed by atoms with Crippen LogP contribution in [-0.4, -0.2) is 34.5 Å². The topological polar surface area (TPSA) is 76.4 Å². The van der Waals surface area contributed by atoms with Crippen LogP contribution in [0.3, 0.4) is 0 Å². The van der Waals surface area contributed by atoms with E-state index in [0.717, 1.165) is 29.5 Å². The van der Waals surface area contributed by atoms with E-state index < -0.39 is 11.6 Å². The molecule has 4 rings (SSSR count). The molecule has 5 nitrogen and oxygen atoms in total. The Morgan fingerprint density at radius 1 is 1.21 bits per heavy atom. The van der Waals surface area contributed by atoms with Crippen molar-refractivity contribution in [3.05, 3.63) is 59.1 Å². The van der Waals surface area contributed by atoms with Crippen LogP contribution in [0.2, 0.25) is 5.02 Å². The minimum atomic E-state index is -0.950. The molecule has 0 bridgehead atoms. The minimum absolute atomic E-state index is 0.0406. The van der Waals surface area contributed by atoms with Crippen molar-refractivity contribution in [3.63, 3.8) is 0 Å². The summed E-state index contributed by atoms with van der Waals surface area (Å²) >= 11 is 6.17. The number of amides is 1. The summed E-state index contributed by atoms with van der Waals surface area (Å²) in [5.41, 5.74) is 1.87. The first-order chi connectivity index (χ1) is 13.9. The van der Waals surface area contributed by atoms with Crippen LogP contribution < -0.4 is 5.32 Å². The second-order valence-electron chi connectivity index (χ2n) is 8.32. The third kappa shape index (κ3) is 3.32. The first-order valence-corrected chi connectivity index (χ1v) is 10.4. The highest BCUT2D eigenvalue weighted by Crippen LogP contribution is 2.50. The molecule has 152 valence electrons. The van der Waals surface area contributed by atoms with E-state index in [4.69, 9.17) is 17.0 Å². The van der Waals surface area contributed by atoms with Crippen molar-refractivity contribution in [2.45, 2.75) is 38.3 Å². The van der Waals surface area contributed by atoms with Crippen LogP contribution in [-0.2, 0) is 10.3 Å². The second-order valence-corrected chi connectivity index (χ2v) is 8.75. The van der Waals surface area contributed by atoms with E-state index in [1.807, 2.05) is 62.4 Å². The number of carbonyl (C=O) groups is 1. The predicted octanol–water partition coefficient (Wildman–Crippen LogP) is 4.00. The van der Waals surface area contributed by atoms with E-state index in [9.17, 15) is 9.90 Å². The summed E-state index contributed by atoms with van der Waals surface area (Å²) < 4.78 is 0. The summed E-state index contributed by atoms with van der Waals surface area (Å²) in [7, 11) is 0. The number of hydrogen-bond acceptors (Lipinski definition) is 3. The number of halogens is 1. The maximum atomic E-state index is 13.7. The van der Waals surface area contributed by atoms with Crippen LogP contribution in [0.25, 0.3) is 11.1 Å². The fourth-order valence-electron chi connectivity index (χ4n) is 4.34. The average molecular weight is 412 g/mol. The molecule has 2 aromatic rings. The maximum absolute atomic E-state index is 13.7. The number of aliphatic hydroxyl groups is 1. The smallest absolute Gasteiger partial charge is 0.260 e. The molecule has 2 atom stereocenters. The highest BCUT2D eigenvalue weighted by molar-refractivity contribution is 6.30. The van der Waals surface area contributed by atoms with Gasteiger partial charge in [0, 0.05) is 5.02 Å². The van der Waals surface area contributed by atoms with Gasteiger partial charge in [0.1, 0.15) is 5.54 Å². The Labute approximate surface area is 176 Å². The molecule has 0 spiro atoms. The SMILES string of the molecule is CC(C)[C@@H](CO)N1C(=N)NC(c2cccc(-c3cccc(Cl)c3)c2)(C2CC2)C1=O. The van der Waals surface area contributed by atoms with Crippen molar-refractivity contribution in [2.75, 3.05) is 6.61 Å². The molecular formula is C23H26ClN3O2. The van der Waals surface area contributed by atoms with Gasteiger partial charge in [0.15, 0.2) is 5.96 Å². The molecule has 0 aromatic heterocycles. The van der Waals surface area contributed by atoms with E-state index in [1.54, 1.807) is 0 Å². The lowest BCUT2D eigenvalue weighted by Crippen LogP contribution is -2.49. The van der Waals surface area contributed by atoms with Crippen LogP contribution >= 0.6 is 11.6 Å². The lowest BCUT2D eigenvalue weighted by molar-refractivity contribution is -0.135. The lowest BCUT2D eigenvalue weighted by Gasteiger charge is -2.31. The number of nitrogens with zero attached hydrogens (tertiary/aromatic N) is 1. The van der Waals surface area contributed by atoms with Gasteiger partial charge in [0.2, 0.25) is 0 Å². The molecule has 1 aliphatic carbocycles. The molecule has 6 heteroatoms. The number of aliphatic hydroxyl groups excluding tert-OH is 1. The Morgan fingerprint density at radius 3 is 2.45 bits per heavy atom. The molecule has 1 heterocycles. The Morgan fingerprint density at radius 2 is 1.86 bits per heavy atom. The third-order valence-corrected chi connectivity index (χ3v) is 6.30. The van der Waals surface area contributed by atoms with Gasteiger partial charge in [0.25, 0.3) is 5.91 Å². The van der Waals surface area contributed by atoms with Crippen molar-refractivity contribution >= 4 is 23.5 Å². The Kier molecular flexibility index (Phi) is 5.13. The largest absolute Gasteiger partial charge is 0.394 e. The van der Waals surface area contributed by atoms with Crippen LogP contribution in [0, 0.1) is 17.2 Å². The van der Waals surface area contributed by atoms with Gasteiger partial charge in [0.05, 0.1) is 12.6 Å². The number of guanidine groups is 1. The van der Waals surface area contributed by atoms with Gasteiger partial charge in [-0.3, -0.25) is 15.1 Å². The minimum Gasteiger partial charge on any atom is -0.394 e. The molecule has 29 heavy (non-hydrogen) atoms. The van der Waals surface area contributed by atoms with E-state index in [2.05, 4.69) is 5.32 Å². The Hall–Kier alpha value is -2.37. The standard InChI is InChI=1S/C23H26ClN3O2/c1-14(2)20(13-28)27-21(29)23(17-9-10-17,26-22(27)25)18-7-3-5-15(11-18)16-6-4-8-19(24)12-16/h3-8,11-12,14,17,20,28H,9-10,13H2,1-2H3,(H2,25,26)/t20-,23?/m1/s1. The van der Waals surface area contributed by atoms with Crippen LogP contribution in [0.5, 0.6) is 0 Å². The molecule has 2 aromatic carbocycles. The summed E-state index contributed by atoms with van der Waals surface area (Å²) in [6.07, 6.45) is 1.87. The Bertz CT molecular complexity index is 957. The fraction of sp³-hybridized carbons (Fsp3) is 0.391. The van der Waals surface area contributed by atoms with Gasteiger partial charge in [-0.1, -0.05) is 55.8 Å². The van der Waals surface area contributed by atoms with Gasteiger partial charge in [-0.05, 0) is 59.6 Å². The molecule has 2 aliphatic rings. The van der Waals surface area contributed by atoms with Gasteiger partial charge >= 0.3 is 0 Å². The molecular weight excluding hydrogens is 386 g/mol. The highest BCUT2D eigenvalue weighted by atomic mass is 35.5. The lowest BCUT2D eigenvalue weighted by atomic mass is 9.83. The van der Waals surface area contributed by atoms with Crippen molar-refractivity contribution in [1.82, 2.24) is 10.2 Å². The van der Waals surface area contributed by atoms with Gasteiger partial charge in [-0.2, -0.15) is 0 Å². The van der Waals surface area contributed by atoms with Gasteiger partial charge < -0.3 is 10.4 Å². The highest BCUT2D eigenvalue weighted by Gasteiger charge is 2.60. The van der Waals surface area contributed by atoms with Crippen molar-refractivity contribution < 1.29 is 9.90 Å². The van der Waals surface area contributed by atoms with E-state index in [0.29, 0.717) is 5.02 Å². The normalized spacial score (nSPS) is 22.9. The van der Waals surface area contributed by atoms with Crippen LogP contribution in [0.1, 0.15) is 32.3 Å². The summed E-state index contributed by atoms with van der Waals surface area (Å²) in [6, 6.07) is 15.2.